The maximum absolute atomic E-state index is 6.15. The fourth-order valence-corrected chi connectivity index (χ4v) is 3.85. The summed E-state index contributed by atoms with van der Waals surface area (Å²) in [4.78, 5) is 0. The predicted molar refractivity (Wildman–Crippen MR) is 90.0 cm³/mol. The first-order valence-corrected chi connectivity index (χ1v) is 8.23. The van der Waals surface area contributed by atoms with Crippen molar-refractivity contribution < 1.29 is 0 Å². The summed E-state index contributed by atoms with van der Waals surface area (Å²) >= 11 is 6.15. The van der Waals surface area contributed by atoms with E-state index in [1.54, 1.807) is 0 Å². The Hall–Kier alpha value is -1.05. The van der Waals surface area contributed by atoms with E-state index in [0.29, 0.717) is 5.88 Å². The SMILES string of the molecule is Cc1cc(C)c(-c2c([SiH3])cccc2CCl)c(C)c1C. The molecule has 2 rings (SSSR count). The Bertz CT molecular complexity index is 630. The van der Waals surface area contributed by atoms with E-state index in [4.69, 9.17) is 11.6 Å². The lowest BCUT2D eigenvalue weighted by Crippen LogP contribution is -2.11. The van der Waals surface area contributed by atoms with E-state index in [9.17, 15) is 0 Å². The van der Waals surface area contributed by atoms with Crippen LogP contribution in [0.25, 0.3) is 11.1 Å². The monoisotopic (exact) mass is 288 g/mol. The Morgan fingerprint density at radius 1 is 0.947 bits per heavy atom. The molecule has 0 aliphatic heterocycles. The third-order valence-electron chi connectivity index (χ3n) is 4.11. The van der Waals surface area contributed by atoms with Crippen LogP contribution in [-0.2, 0) is 5.88 Å². The Labute approximate surface area is 124 Å². The summed E-state index contributed by atoms with van der Waals surface area (Å²) in [7, 11) is 1.05. The van der Waals surface area contributed by atoms with Crippen molar-refractivity contribution in [1.82, 2.24) is 0 Å². The number of hydrogen-bond acceptors (Lipinski definition) is 0. The van der Waals surface area contributed by atoms with Crippen LogP contribution < -0.4 is 5.19 Å². The minimum atomic E-state index is 0.581. The molecule has 0 aliphatic rings. The van der Waals surface area contributed by atoms with Gasteiger partial charge in [-0.3, -0.25) is 0 Å². The molecule has 0 saturated heterocycles. The Kier molecular flexibility index (Phi) is 4.17. The Morgan fingerprint density at radius 2 is 1.63 bits per heavy atom. The first-order chi connectivity index (χ1) is 8.97. The molecule has 0 atom stereocenters. The molecule has 100 valence electrons. The molecular formula is C17H21ClSi. The molecule has 2 heteroatoms. The summed E-state index contributed by atoms with van der Waals surface area (Å²) in [6.45, 7) is 8.84. The fourth-order valence-electron chi connectivity index (χ4n) is 2.87. The van der Waals surface area contributed by atoms with E-state index >= 15 is 0 Å². The van der Waals surface area contributed by atoms with Crippen molar-refractivity contribution in [1.29, 1.82) is 0 Å². The molecule has 0 aliphatic carbocycles. The van der Waals surface area contributed by atoms with Gasteiger partial charge in [0.25, 0.3) is 0 Å². The summed E-state index contributed by atoms with van der Waals surface area (Å²) in [5.74, 6) is 0.581. The summed E-state index contributed by atoms with van der Waals surface area (Å²) < 4.78 is 0. The van der Waals surface area contributed by atoms with Crippen LogP contribution in [0.2, 0.25) is 0 Å². The molecule has 0 N–H and O–H groups in total. The molecule has 0 fully saturated rings. The highest BCUT2D eigenvalue weighted by atomic mass is 35.5. The van der Waals surface area contributed by atoms with Crippen molar-refractivity contribution in [2.75, 3.05) is 0 Å². The quantitative estimate of drug-likeness (QED) is 0.587. The normalized spacial score (nSPS) is 11.0. The molecule has 0 unspecified atom stereocenters. The van der Waals surface area contributed by atoms with E-state index in [1.165, 1.54) is 44.1 Å². The Morgan fingerprint density at radius 3 is 2.26 bits per heavy atom. The van der Waals surface area contributed by atoms with Crippen LogP contribution in [0.15, 0.2) is 24.3 Å². The van der Waals surface area contributed by atoms with Gasteiger partial charge >= 0.3 is 0 Å². The van der Waals surface area contributed by atoms with E-state index in [1.807, 2.05) is 0 Å². The van der Waals surface area contributed by atoms with Crippen LogP contribution in [0.4, 0.5) is 0 Å². The van der Waals surface area contributed by atoms with Crippen LogP contribution in [-0.4, -0.2) is 10.2 Å². The lowest BCUT2D eigenvalue weighted by Gasteiger charge is -2.19. The highest BCUT2D eigenvalue weighted by Crippen LogP contribution is 2.32. The van der Waals surface area contributed by atoms with Crippen LogP contribution >= 0.6 is 11.6 Å². The van der Waals surface area contributed by atoms with Gasteiger partial charge in [-0.2, -0.15) is 0 Å². The van der Waals surface area contributed by atoms with Crippen molar-refractivity contribution in [2.24, 2.45) is 0 Å². The smallest absolute Gasteiger partial charge is 0.0480 e. The van der Waals surface area contributed by atoms with Gasteiger partial charge in [-0.15, -0.1) is 11.6 Å². The highest BCUT2D eigenvalue weighted by molar-refractivity contribution is 6.36. The molecule has 0 nitrogen and oxygen atoms in total. The molecule has 2 aromatic rings. The summed E-state index contributed by atoms with van der Waals surface area (Å²) in [5.41, 5.74) is 9.54. The van der Waals surface area contributed by atoms with E-state index in [2.05, 4.69) is 52.0 Å². The summed E-state index contributed by atoms with van der Waals surface area (Å²) in [5, 5.41) is 1.44. The summed E-state index contributed by atoms with van der Waals surface area (Å²) in [6, 6.07) is 8.79. The molecular weight excluding hydrogens is 268 g/mol. The van der Waals surface area contributed by atoms with Gasteiger partial charge in [0.2, 0.25) is 0 Å². The minimum absolute atomic E-state index is 0.581. The van der Waals surface area contributed by atoms with Crippen molar-refractivity contribution in [3.05, 3.63) is 52.1 Å². The average molecular weight is 289 g/mol. The van der Waals surface area contributed by atoms with Crippen molar-refractivity contribution in [3.8, 4) is 11.1 Å². The molecule has 0 saturated carbocycles. The second-order valence-corrected chi connectivity index (χ2v) is 6.72. The zero-order valence-electron chi connectivity index (χ0n) is 12.4. The summed E-state index contributed by atoms with van der Waals surface area (Å²) in [6.07, 6.45) is 0. The molecule has 0 amide bonds. The molecule has 0 aromatic heterocycles. The second kappa shape index (κ2) is 5.52. The highest BCUT2D eigenvalue weighted by Gasteiger charge is 2.14. The number of halogens is 1. The molecule has 0 heterocycles. The van der Waals surface area contributed by atoms with Gasteiger partial charge < -0.3 is 0 Å². The van der Waals surface area contributed by atoms with Gasteiger partial charge in [-0.05, 0) is 66.6 Å². The fraction of sp³-hybridized carbons (Fsp3) is 0.294. The largest absolute Gasteiger partial charge is 0.122 e. The predicted octanol–water partition coefficient (Wildman–Crippen LogP) is 3.32. The maximum Gasteiger partial charge on any atom is 0.0480 e. The molecule has 0 spiro atoms. The lowest BCUT2D eigenvalue weighted by atomic mass is 9.88. The third-order valence-corrected chi connectivity index (χ3v) is 5.23. The topological polar surface area (TPSA) is 0 Å². The number of benzene rings is 2. The van der Waals surface area contributed by atoms with E-state index in [-0.39, 0.29) is 0 Å². The van der Waals surface area contributed by atoms with Gasteiger partial charge in [0.15, 0.2) is 0 Å². The molecule has 0 radical (unpaired) electrons. The van der Waals surface area contributed by atoms with Gasteiger partial charge in [0.1, 0.15) is 0 Å². The van der Waals surface area contributed by atoms with Gasteiger partial charge in [0, 0.05) is 16.1 Å². The van der Waals surface area contributed by atoms with Gasteiger partial charge in [0.05, 0.1) is 0 Å². The molecule has 2 aromatic carbocycles. The average Bonchev–Trinajstić information content (AvgIpc) is 2.38. The number of rotatable bonds is 2. The molecule has 19 heavy (non-hydrogen) atoms. The number of hydrogen-bond donors (Lipinski definition) is 0. The van der Waals surface area contributed by atoms with Crippen molar-refractivity contribution >= 4 is 27.0 Å². The van der Waals surface area contributed by atoms with Gasteiger partial charge in [-0.25, -0.2) is 0 Å². The third kappa shape index (κ3) is 2.50. The van der Waals surface area contributed by atoms with Crippen LogP contribution in [0.5, 0.6) is 0 Å². The first-order valence-electron chi connectivity index (χ1n) is 6.69. The van der Waals surface area contributed by atoms with Crippen LogP contribution in [0, 0.1) is 27.7 Å². The van der Waals surface area contributed by atoms with Crippen LogP contribution in [0.1, 0.15) is 27.8 Å². The zero-order valence-corrected chi connectivity index (χ0v) is 15.2. The number of alkyl halides is 1. The first kappa shape index (κ1) is 14.4. The standard InChI is InChI=1S/C17H21ClSi/c1-10-8-11(2)16(13(4)12(10)3)17-14(9-18)6-5-7-15(17)19/h5-8H,9H2,1-4,19H3. The minimum Gasteiger partial charge on any atom is -0.122 e. The molecule has 0 bridgehead atoms. The zero-order chi connectivity index (χ0) is 14.2. The maximum atomic E-state index is 6.15. The van der Waals surface area contributed by atoms with E-state index < -0.39 is 0 Å². The van der Waals surface area contributed by atoms with Crippen molar-refractivity contribution in [2.45, 2.75) is 33.6 Å². The van der Waals surface area contributed by atoms with Crippen LogP contribution in [0.3, 0.4) is 0 Å². The number of aryl methyl sites for hydroxylation is 2. The van der Waals surface area contributed by atoms with Gasteiger partial charge in [-0.1, -0.05) is 29.5 Å². The van der Waals surface area contributed by atoms with E-state index in [0.717, 1.165) is 10.2 Å². The Balaban J connectivity index is 2.83. The second-order valence-electron chi connectivity index (χ2n) is 5.38. The lowest BCUT2D eigenvalue weighted by molar-refractivity contribution is 1.23. The van der Waals surface area contributed by atoms with Crippen molar-refractivity contribution in [3.63, 3.8) is 0 Å².